The van der Waals surface area contributed by atoms with Gasteiger partial charge in [0.15, 0.2) is 0 Å². The number of halogens is 3. The highest BCUT2D eigenvalue weighted by Gasteiger charge is 2.42. The SMILES string of the molecule is CC(C)[C@@H](N)C(=O)N1CCC(C(F)(F)F)CC1. The number of alkyl halides is 3. The van der Waals surface area contributed by atoms with Crippen LogP contribution in [0, 0.1) is 11.8 Å². The average Bonchev–Trinajstić information content (AvgIpc) is 2.26. The van der Waals surface area contributed by atoms with Crippen LogP contribution in [0.5, 0.6) is 0 Å². The lowest BCUT2D eigenvalue weighted by atomic mass is 9.95. The summed E-state index contributed by atoms with van der Waals surface area (Å²) in [4.78, 5) is 13.3. The molecule has 1 saturated heterocycles. The molecule has 1 amide bonds. The second-order valence-corrected chi connectivity index (χ2v) is 4.91. The maximum atomic E-state index is 12.4. The van der Waals surface area contributed by atoms with Crippen LogP contribution in [0.15, 0.2) is 0 Å². The van der Waals surface area contributed by atoms with Crippen molar-refractivity contribution in [3.05, 3.63) is 0 Å². The minimum absolute atomic E-state index is 0.00263. The second-order valence-electron chi connectivity index (χ2n) is 4.91. The van der Waals surface area contributed by atoms with Crippen LogP contribution in [0.2, 0.25) is 0 Å². The Balaban J connectivity index is 2.50. The monoisotopic (exact) mass is 252 g/mol. The van der Waals surface area contributed by atoms with E-state index in [1.54, 1.807) is 0 Å². The molecule has 6 heteroatoms. The van der Waals surface area contributed by atoms with Crippen molar-refractivity contribution >= 4 is 5.91 Å². The molecule has 1 rings (SSSR count). The van der Waals surface area contributed by atoms with Crippen molar-refractivity contribution in [2.45, 2.75) is 38.9 Å². The largest absolute Gasteiger partial charge is 0.391 e. The summed E-state index contributed by atoms with van der Waals surface area (Å²) in [6.45, 7) is 3.96. The van der Waals surface area contributed by atoms with Crippen LogP contribution in [0.25, 0.3) is 0 Å². The Labute approximate surface area is 99.1 Å². The zero-order valence-electron chi connectivity index (χ0n) is 10.1. The van der Waals surface area contributed by atoms with Gasteiger partial charge < -0.3 is 10.6 Å². The first-order valence-electron chi connectivity index (χ1n) is 5.84. The van der Waals surface area contributed by atoms with Gasteiger partial charge in [0, 0.05) is 13.1 Å². The van der Waals surface area contributed by atoms with Crippen molar-refractivity contribution in [3.8, 4) is 0 Å². The van der Waals surface area contributed by atoms with E-state index in [2.05, 4.69) is 0 Å². The van der Waals surface area contributed by atoms with Gasteiger partial charge in [-0.3, -0.25) is 4.79 Å². The molecule has 0 aromatic carbocycles. The van der Waals surface area contributed by atoms with Crippen LogP contribution in [0.1, 0.15) is 26.7 Å². The van der Waals surface area contributed by atoms with Crippen LogP contribution in [-0.2, 0) is 4.79 Å². The fourth-order valence-corrected chi connectivity index (χ4v) is 1.92. The van der Waals surface area contributed by atoms with Gasteiger partial charge >= 0.3 is 6.18 Å². The summed E-state index contributed by atoms with van der Waals surface area (Å²) in [5, 5.41) is 0. The van der Waals surface area contributed by atoms with Gasteiger partial charge in [-0.2, -0.15) is 13.2 Å². The van der Waals surface area contributed by atoms with Gasteiger partial charge in [-0.25, -0.2) is 0 Å². The summed E-state index contributed by atoms with van der Waals surface area (Å²) in [6.07, 6.45) is -4.17. The molecule has 1 aliphatic heterocycles. The van der Waals surface area contributed by atoms with Crippen LogP contribution in [0.3, 0.4) is 0 Å². The quantitative estimate of drug-likeness (QED) is 0.814. The van der Waals surface area contributed by atoms with Crippen LogP contribution < -0.4 is 5.73 Å². The van der Waals surface area contributed by atoms with E-state index in [0.29, 0.717) is 0 Å². The number of nitrogens with two attached hydrogens (primary N) is 1. The Morgan fingerprint density at radius 3 is 2.12 bits per heavy atom. The third-order valence-corrected chi connectivity index (χ3v) is 3.27. The summed E-state index contributed by atoms with van der Waals surface area (Å²) >= 11 is 0. The van der Waals surface area contributed by atoms with Gasteiger partial charge in [-0.05, 0) is 18.8 Å². The Hall–Kier alpha value is -0.780. The smallest absolute Gasteiger partial charge is 0.341 e. The van der Waals surface area contributed by atoms with E-state index in [0.717, 1.165) is 0 Å². The van der Waals surface area contributed by atoms with E-state index in [1.807, 2.05) is 13.8 Å². The van der Waals surface area contributed by atoms with Crippen molar-refractivity contribution in [1.29, 1.82) is 0 Å². The zero-order chi connectivity index (χ0) is 13.2. The highest BCUT2D eigenvalue weighted by Crippen LogP contribution is 2.34. The number of rotatable bonds is 2. The van der Waals surface area contributed by atoms with Crippen LogP contribution in [-0.4, -0.2) is 36.1 Å². The van der Waals surface area contributed by atoms with E-state index >= 15 is 0 Å². The van der Waals surface area contributed by atoms with Gasteiger partial charge in [-0.1, -0.05) is 13.8 Å². The van der Waals surface area contributed by atoms with Gasteiger partial charge in [0.2, 0.25) is 5.91 Å². The summed E-state index contributed by atoms with van der Waals surface area (Å²) in [6, 6.07) is -0.613. The van der Waals surface area contributed by atoms with Crippen molar-refractivity contribution in [1.82, 2.24) is 4.90 Å². The van der Waals surface area contributed by atoms with Crippen LogP contribution >= 0.6 is 0 Å². The van der Waals surface area contributed by atoms with E-state index < -0.39 is 18.1 Å². The minimum Gasteiger partial charge on any atom is -0.341 e. The molecule has 2 N–H and O–H groups in total. The molecule has 0 unspecified atom stereocenters. The first-order chi connectivity index (χ1) is 7.73. The van der Waals surface area contributed by atoms with Gasteiger partial charge in [0.25, 0.3) is 0 Å². The fraction of sp³-hybridized carbons (Fsp3) is 0.909. The van der Waals surface area contributed by atoms with E-state index in [-0.39, 0.29) is 37.8 Å². The van der Waals surface area contributed by atoms with Crippen LogP contribution in [0.4, 0.5) is 13.2 Å². The van der Waals surface area contributed by atoms with Gasteiger partial charge in [-0.15, -0.1) is 0 Å². The maximum absolute atomic E-state index is 12.4. The van der Waals surface area contributed by atoms with Crippen molar-refractivity contribution in [2.24, 2.45) is 17.6 Å². The number of carbonyl (C=O) groups is 1. The van der Waals surface area contributed by atoms with Crippen molar-refractivity contribution < 1.29 is 18.0 Å². The minimum atomic E-state index is -4.14. The lowest BCUT2D eigenvalue weighted by Gasteiger charge is -2.34. The summed E-state index contributed by atoms with van der Waals surface area (Å²) in [5.74, 6) is -1.51. The molecule has 100 valence electrons. The third kappa shape index (κ3) is 3.59. The highest BCUT2D eigenvalue weighted by atomic mass is 19.4. The van der Waals surface area contributed by atoms with Gasteiger partial charge in [0.05, 0.1) is 12.0 Å². The van der Waals surface area contributed by atoms with Gasteiger partial charge in [0.1, 0.15) is 0 Å². The first-order valence-corrected chi connectivity index (χ1v) is 5.84. The predicted octanol–water partition coefficient (Wildman–Crippen LogP) is 1.77. The Morgan fingerprint density at radius 2 is 1.76 bits per heavy atom. The molecule has 0 spiro atoms. The molecule has 0 aromatic heterocycles. The first kappa shape index (κ1) is 14.3. The highest BCUT2D eigenvalue weighted by molar-refractivity contribution is 5.82. The van der Waals surface area contributed by atoms with Crippen molar-refractivity contribution in [2.75, 3.05) is 13.1 Å². The molecular weight excluding hydrogens is 233 g/mol. The molecule has 1 atom stereocenters. The summed E-state index contributed by atoms with van der Waals surface area (Å²) < 4.78 is 37.3. The zero-order valence-corrected chi connectivity index (χ0v) is 10.1. The molecule has 0 bridgehead atoms. The number of hydrogen-bond donors (Lipinski definition) is 1. The molecule has 0 radical (unpaired) electrons. The normalized spacial score (nSPS) is 20.8. The Kier molecular flexibility index (Phi) is 4.41. The van der Waals surface area contributed by atoms with E-state index in [1.165, 1.54) is 4.90 Å². The molecule has 0 saturated carbocycles. The topological polar surface area (TPSA) is 46.3 Å². The lowest BCUT2D eigenvalue weighted by Crippen LogP contribution is -2.50. The number of carbonyl (C=O) groups excluding carboxylic acids is 1. The molecule has 17 heavy (non-hydrogen) atoms. The predicted molar refractivity (Wildman–Crippen MR) is 58.2 cm³/mol. The van der Waals surface area contributed by atoms with E-state index in [9.17, 15) is 18.0 Å². The number of hydrogen-bond acceptors (Lipinski definition) is 2. The molecule has 1 heterocycles. The molecular formula is C11H19F3N2O. The number of piperidine rings is 1. The summed E-state index contributed by atoms with van der Waals surface area (Å²) in [5.41, 5.74) is 5.70. The standard InChI is InChI=1S/C11H19F3N2O/c1-7(2)9(15)10(17)16-5-3-8(4-6-16)11(12,13)14/h7-9H,3-6,15H2,1-2H3/t9-/m1/s1. The Bertz CT molecular complexity index is 270. The average molecular weight is 252 g/mol. The van der Waals surface area contributed by atoms with Crippen molar-refractivity contribution in [3.63, 3.8) is 0 Å². The molecule has 1 aliphatic rings. The second kappa shape index (κ2) is 5.25. The molecule has 3 nitrogen and oxygen atoms in total. The molecule has 1 fully saturated rings. The van der Waals surface area contributed by atoms with E-state index in [4.69, 9.17) is 5.73 Å². The molecule has 0 aromatic rings. The maximum Gasteiger partial charge on any atom is 0.391 e. The fourth-order valence-electron chi connectivity index (χ4n) is 1.92. The summed E-state index contributed by atoms with van der Waals surface area (Å²) in [7, 11) is 0. The number of likely N-dealkylation sites (tertiary alicyclic amines) is 1. The lowest BCUT2D eigenvalue weighted by molar-refractivity contribution is -0.186. The third-order valence-electron chi connectivity index (χ3n) is 3.27. The Morgan fingerprint density at radius 1 is 1.29 bits per heavy atom. The number of nitrogens with zero attached hydrogens (tertiary/aromatic N) is 1. The molecule has 0 aliphatic carbocycles. The number of amides is 1.